The minimum atomic E-state index is -0.374. The second-order valence-corrected chi connectivity index (χ2v) is 16.0. The normalized spacial score (nSPS) is 36.7. The second-order valence-electron chi connectivity index (χ2n) is 16.0. The lowest BCUT2D eigenvalue weighted by molar-refractivity contribution is -0.153. The van der Waals surface area contributed by atoms with Crippen molar-refractivity contribution in [1.29, 1.82) is 0 Å². The van der Waals surface area contributed by atoms with E-state index in [4.69, 9.17) is 9.47 Å². The van der Waals surface area contributed by atoms with Gasteiger partial charge in [-0.1, -0.05) is 65.5 Å². The van der Waals surface area contributed by atoms with Crippen LogP contribution in [0, 0.1) is 46.3 Å². The SMILES string of the molecule is CC(C)CCC[C@@H](C)C1CCC2C3CC=C4C[C@@H](OC(=O)CC(=O)NCCCN5CCOCC5)CC[C@]4(C)C3CCC21C. The van der Waals surface area contributed by atoms with Crippen LogP contribution in [0.25, 0.3) is 0 Å². The van der Waals surface area contributed by atoms with Crippen molar-refractivity contribution in [2.45, 2.75) is 124 Å². The highest BCUT2D eigenvalue weighted by atomic mass is 16.5. The molecule has 1 saturated heterocycles. The maximum Gasteiger partial charge on any atom is 0.315 e. The summed E-state index contributed by atoms with van der Waals surface area (Å²) in [6, 6.07) is 0. The molecule has 4 aliphatic carbocycles. The minimum absolute atomic E-state index is 0.0890. The van der Waals surface area contributed by atoms with Gasteiger partial charge in [0.25, 0.3) is 0 Å². The first-order chi connectivity index (χ1) is 20.6. The molecule has 1 amide bonds. The largest absolute Gasteiger partial charge is 0.462 e. The number of esters is 1. The fraction of sp³-hybridized carbons (Fsp3) is 0.892. The van der Waals surface area contributed by atoms with Crippen molar-refractivity contribution < 1.29 is 19.1 Å². The monoisotopic (exact) mass is 598 g/mol. The number of rotatable bonds is 12. The van der Waals surface area contributed by atoms with Gasteiger partial charge in [-0.15, -0.1) is 0 Å². The van der Waals surface area contributed by atoms with E-state index in [9.17, 15) is 9.59 Å². The van der Waals surface area contributed by atoms with E-state index >= 15 is 0 Å². The fourth-order valence-electron chi connectivity index (χ4n) is 10.5. The molecule has 8 atom stereocenters. The molecule has 4 fully saturated rings. The highest BCUT2D eigenvalue weighted by Gasteiger charge is 2.59. The maximum absolute atomic E-state index is 12.7. The van der Waals surface area contributed by atoms with Gasteiger partial charge in [0.05, 0.1) is 13.2 Å². The quantitative estimate of drug-likeness (QED) is 0.112. The summed E-state index contributed by atoms with van der Waals surface area (Å²) in [5.41, 5.74) is 2.28. The van der Waals surface area contributed by atoms with E-state index in [2.05, 4.69) is 50.9 Å². The third-order valence-electron chi connectivity index (χ3n) is 12.9. The molecule has 6 nitrogen and oxygen atoms in total. The maximum atomic E-state index is 12.7. The van der Waals surface area contributed by atoms with E-state index in [0.717, 1.165) is 94.0 Å². The molecule has 5 rings (SSSR count). The van der Waals surface area contributed by atoms with Crippen LogP contribution in [0.5, 0.6) is 0 Å². The summed E-state index contributed by atoms with van der Waals surface area (Å²) in [7, 11) is 0. The highest BCUT2D eigenvalue weighted by Crippen LogP contribution is 2.67. The predicted molar refractivity (Wildman–Crippen MR) is 172 cm³/mol. The molecule has 0 bridgehead atoms. The first kappa shape index (κ1) is 33.0. The Hall–Kier alpha value is -1.40. The van der Waals surface area contributed by atoms with Crippen molar-refractivity contribution in [3.8, 4) is 0 Å². The summed E-state index contributed by atoms with van der Waals surface area (Å²) in [5.74, 6) is 4.40. The summed E-state index contributed by atoms with van der Waals surface area (Å²) < 4.78 is 11.3. The lowest BCUT2D eigenvalue weighted by Crippen LogP contribution is -2.51. The molecule has 1 heterocycles. The summed E-state index contributed by atoms with van der Waals surface area (Å²) in [6.45, 7) is 17.5. The summed E-state index contributed by atoms with van der Waals surface area (Å²) in [5, 5.41) is 2.91. The van der Waals surface area contributed by atoms with Gasteiger partial charge >= 0.3 is 5.97 Å². The van der Waals surface area contributed by atoms with Gasteiger partial charge in [0.15, 0.2) is 0 Å². The van der Waals surface area contributed by atoms with Crippen molar-refractivity contribution in [2.75, 3.05) is 39.4 Å². The number of ether oxygens (including phenoxy) is 2. The molecule has 0 aromatic carbocycles. The molecule has 244 valence electrons. The molecule has 0 radical (unpaired) electrons. The van der Waals surface area contributed by atoms with E-state index < -0.39 is 0 Å². The van der Waals surface area contributed by atoms with E-state index in [0.29, 0.717) is 12.0 Å². The number of nitrogens with one attached hydrogen (secondary N) is 1. The molecule has 0 spiro atoms. The molecule has 0 aromatic rings. The number of carbonyl (C=O) groups excluding carboxylic acids is 2. The molecular weight excluding hydrogens is 536 g/mol. The number of hydrogen-bond acceptors (Lipinski definition) is 5. The van der Waals surface area contributed by atoms with Crippen LogP contribution in [0.4, 0.5) is 0 Å². The zero-order valence-electron chi connectivity index (χ0n) is 28.1. The van der Waals surface area contributed by atoms with Crippen LogP contribution in [-0.4, -0.2) is 62.3 Å². The zero-order valence-corrected chi connectivity index (χ0v) is 28.1. The summed E-state index contributed by atoms with van der Waals surface area (Å²) >= 11 is 0. The summed E-state index contributed by atoms with van der Waals surface area (Å²) in [6.07, 6.45) is 17.0. The number of allylic oxidation sites excluding steroid dienone is 1. The van der Waals surface area contributed by atoms with Gasteiger partial charge in [-0.25, -0.2) is 0 Å². The van der Waals surface area contributed by atoms with E-state index in [1.54, 1.807) is 0 Å². The van der Waals surface area contributed by atoms with Crippen LogP contribution in [-0.2, 0) is 19.1 Å². The van der Waals surface area contributed by atoms with Crippen LogP contribution in [0.1, 0.15) is 118 Å². The topological polar surface area (TPSA) is 67.9 Å². The molecule has 1 aliphatic heterocycles. The Bertz CT molecular complexity index is 989. The second kappa shape index (κ2) is 14.4. The summed E-state index contributed by atoms with van der Waals surface area (Å²) in [4.78, 5) is 27.4. The van der Waals surface area contributed by atoms with Crippen molar-refractivity contribution in [1.82, 2.24) is 10.2 Å². The zero-order chi connectivity index (χ0) is 30.6. The Kier molecular flexibility index (Phi) is 11.0. The lowest BCUT2D eigenvalue weighted by Gasteiger charge is -2.58. The first-order valence-corrected chi connectivity index (χ1v) is 18.1. The average molecular weight is 599 g/mol. The third-order valence-corrected chi connectivity index (χ3v) is 12.9. The van der Waals surface area contributed by atoms with Crippen LogP contribution >= 0.6 is 0 Å². The number of amides is 1. The van der Waals surface area contributed by atoms with Crippen molar-refractivity contribution in [3.63, 3.8) is 0 Å². The van der Waals surface area contributed by atoms with E-state index in [1.807, 2.05) is 0 Å². The number of nitrogens with zero attached hydrogens (tertiary/aromatic N) is 1. The van der Waals surface area contributed by atoms with Crippen molar-refractivity contribution in [2.24, 2.45) is 46.3 Å². The Morgan fingerprint density at radius 1 is 1.02 bits per heavy atom. The van der Waals surface area contributed by atoms with E-state index in [-0.39, 0.29) is 29.8 Å². The Labute approximate surface area is 262 Å². The minimum Gasteiger partial charge on any atom is -0.462 e. The number of morpholine rings is 1. The molecule has 43 heavy (non-hydrogen) atoms. The molecule has 5 aliphatic rings. The van der Waals surface area contributed by atoms with Crippen molar-refractivity contribution in [3.05, 3.63) is 11.6 Å². The predicted octanol–water partition coefficient (Wildman–Crippen LogP) is 7.17. The molecule has 5 unspecified atom stereocenters. The van der Waals surface area contributed by atoms with Crippen LogP contribution in [0.15, 0.2) is 11.6 Å². The Balaban J connectivity index is 1.09. The molecule has 6 heteroatoms. The molecule has 3 saturated carbocycles. The van der Waals surface area contributed by atoms with Crippen molar-refractivity contribution >= 4 is 11.9 Å². The average Bonchev–Trinajstić information content (AvgIpc) is 3.33. The van der Waals surface area contributed by atoms with Gasteiger partial charge in [-0.2, -0.15) is 0 Å². The van der Waals surface area contributed by atoms with Gasteiger partial charge in [0.2, 0.25) is 5.91 Å². The molecule has 0 aromatic heterocycles. The van der Waals surface area contributed by atoms with E-state index in [1.165, 1.54) is 56.9 Å². The Morgan fingerprint density at radius 3 is 2.58 bits per heavy atom. The first-order valence-electron chi connectivity index (χ1n) is 18.1. The van der Waals surface area contributed by atoms with Gasteiger partial charge in [-0.05, 0) is 104 Å². The molecule has 1 N–H and O–H groups in total. The smallest absolute Gasteiger partial charge is 0.315 e. The van der Waals surface area contributed by atoms with Gasteiger partial charge in [0, 0.05) is 26.1 Å². The lowest BCUT2D eigenvalue weighted by atomic mass is 9.47. The highest BCUT2D eigenvalue weighted by molar-refractivity contribution is 5.94. The number of carbonyl (C=O) groups is 2. The van der Waals surface area contributed by atoms with Gasteiger partial charge < -0.3 is 14.8 Å². The van der Waals surface area contributed by atoms with Crippen LogP contribution in [0.2, 0.25) is 0 Å². The number of hydrogen-bond donors (Lipinski definition) is 1. The van der Waals surface area contributed by atoms with Gasteiger partial charge in [0.1, 0.15) is 12.5 Å². The fourth-order valence-corrected chi connectivity index (χ4v) is 10.5. The standard InChI is InChI=1S/C37H62N2O4/c1-26(2)8-6-9-27(3)31-12-13-32-30-11-10-28-24-29(14-16-36(28,4)33(30)15-17-37(31,32)5)43-35(41)25-34(40)38-18-7-19-39-20-22-42-23-21-39/h10,26-27,29-33H,6-9,11-25H2,1-5H3,(H,38,40)/t27-,29+,30?,31?,32?,33?,36+,37?/m1/s1. The van der Waals surface area contributed by atoms with Crippen LogP contribution < -0.4 is 5.32 Å². The number of fused-ring (bicyclic) bond motifs is 5. The Morgan fingerprint density at radius 2 is 1.81 bits per heavy atom. The van der Waals surface area contributed by atoms with Gasteiger partial charge in [-0.3, -0.25) is 14.5 Å². The third kappa shape index (κ3) is 7.54. The van der Waals surface area contributed by atoms with Crippen LogP contribution in [0.3, 0.4) is 0 Å². The molecular formula is C37H62N2O4.